The van der Waals surface area contributed by atoms with Gasteiger partial charge in [-0.05, 0) is 80.0 Å². The van der Waals surface area contributed by atoms with E-state index in [4.69, 9.17) is 4.74 Å². The van der Waals surface area contributed by atoms with Crippen molar-refractivity contribution in [3.63, 3.8) is 0 Å². The molecule has 2 aromatic carbocycles. The van der Waals surface area contributed by atoms with E-state index in [9.17, 15) is 13.2 Å². The van der Waals surface area contributed by atoms with Gasteiger partial charge in [0.25, 0.3) is 5.91 Å². The van der Waals surface area contributed by atoms with Gasteiger partial charge in [-0.1, -0.05) is 12.1 Å². The Balaban J connectivity index is 1.58. The van der Waals surface area contributed by atoms with Crippen LogP contribution < -0.4 is 14.4 Å². The maximum Gasteiger partial charge on any atom is 0.251 e. The van der Waals surface area contributed by atoms with Gasteiger partial charge in [0.1, 0.15) is 5.75 Å². The summed E-state index contributed by atoms with van der Waals surface area (Å²) in [4.78, 5) is 13.0. The van der Waals surface area contributed by atoms with Gasteiger partial charge in [0.15, 0.2) is 0 Å². The van der Waals surface area contributed by atoms with Crippen LogP contribution in [0.5, 0.6) is 5.75 Å². The largest absolute Gasteiger partial charge is 0.497 e. The molecule has 1 heterocycles. The van der Waals surface area contributed by atoms with E-state index in [0.29, 0.717) is 24.2 Å². The fourth-order valence-corrected chi connectivity index (χ4v) is 6.08. The minimum atomic E-state index is -3.33. The van der Waals surface area contributed by atoms with Crippen molar-refractivity contribution >= 4 is 21.6 Å². The molecule has 1 atom stereocenters. The highest BCUT2D eigenvalue weighted by Crippen LogP contribution is 2.33. The fraction of sp³-hybridized carbons (Fsp3) is 0.435. The van der Waals surface area contributed by atoms with E-state index < -0.39 is 10.0 Å². The van der Waals surface area contributed by atoms with Gasteiger partial charge >= 0.3 is 0 Å². The molecule has 2 aliphatic rings. The molecule has 0 saturated carbocycles. The van der Waals surface area contributed by atoms with Crippen molar-refractivity contribution in [1.82, 2.24) is 5.32 Å². The topological polar surface area (TPSA) is 75.7 Å². The number of ether oxygens (including phenoxy) is 1. The number of carbonyl (C=O) groups is 1. The highest BCUT2D eigenvalue weighted by atomic mass is 32.2. The van der Waals surface area contributed by atoms with E-state index in [2.05, 4.69) is 5.32 Å². The first-order valence-corrected chi connectivity index (χ1v) is 12.1. The van der Waals surface area contributed by atoms with Gasteiger partial charge in [-0.2, -0.15) is 0 Å². The first-order chi connectivity index (χ1) is 14.4. The zero-order valence-electron chi connectivity index (χ0n) is 17.5. The first kappa shape index (κ1) is 20.7. The van der Waals surface area contributed by atoms with Crippen molar-refractivity contribution in [3.8, 4) is 5.75 Å². The molecule has 1 amide bonds. The predicted octanol–water partition coefficient (Wildman–Crippen LogP) is 3.74. The Kier molecular flexibility index (Phi) is 5.73. The summed E-state index contributed by atoms with van der Waals surface area (Å²) in [6.45, 7) is 2.35. The van der Waals surface area contributed by atoms with E-state index in [-0.39, 0.29) is 17.7 Å². The number of carbonyl (C=O) groups excluding carboxylic acids is 1. The van der Waals surface area contributed by atoms with E-state index >= 15 is 0 Å². The molecule has 1 aliphatic heterocycles. The molecular formula is C23H28N2O4S. The Bertz CT molecular complexity index is 1060. The normalized spacial score (nSPS) is 20.3. The van der Waals surface area contributed by atoms with Crippen LogP contribution in [0.3, 0.4) is 0 Å². The van der Waals surface area contributed by atoms with E-state index in [1.54, 1.807) is 19.2 Å². The Labute approximate surface area is 178 Å². The molecule has 4 rings (SSSR count). The van der Waals surface area contributed by atoms with E-state index in [0.717, 1.165) is 42.6 Å². The van der Waals surface area contributed by atoms with Crippen molar-refractivity contribution in [2.75, 3.05) is 23.7 Å². The zero-order chi connectivity index (χ0) is 21.3. The maximum atomic E-state index is 13.0. The Hall–Kier alpha value is -2.54. The van der Waals surface area contributed by atoms with Gasteiger partial charge in [0, 0.05) is 12.1 Å². The quantitative estimate of drug-likeness (QED) is 0.805. The van der Waals surface area contributed by atoms with Crippen LogP contribution in [-0.2, 0) is 16.4 Å². The molecule has 0 aromatic heterocycles. The third kappa shape index (κ3) is 4.03. The molecule has 0 unspecified atom stereocenters. The average Bonchev–Trinajstić information content (AvgIpc) is 2.74. The van der Waals surface area contributed by atoms with Crippen molar-refractivity contribution in [2.24, 2.45) is 0 Å². The molecule has 160 valence electrons. The monoisotopic (exact) mass is 428 g/mol. The lowest BCUT2D eigenvalue weighted by Crippen LogP contribution is -2.38. The molecular weight excluding hydrogens is 400 g/mol. The summed E-state index contributed by atoms with van der Waals surface area (Å²) in [7, 11) is -1.67. The van der Waals surface area contributed by atoms with Crippen LogP contribution in [0.2, 0.25) is 0 Å². The zero-order valence-corrected chi connectivity index (χ0v) is 18.3. The summed E-state index contributed by atoms with van der Waals surface area (Å²) < 4.78 is 31.9. The van der Waals surface area contributed by atoms with Crippen LogP contribution in [-0.4, -0.2) is 33.7 Å². The number of amides is 1. The number of benzene rings is 2. The van der Waals surface area contributed by atoms with Crippen LogP contribution in [0.25, 0.3) is 0 Å². The molecule has 30 heavy (non-hydrogen) atoms. The third-order valence-electron chi connectivity index (χ3n) is 6.06. The van der Waals surface area contributed by atoms with Gasteiger partial charge in [-0.25, -0.2) is 8.42 Å². The number of hydrogen-bond donors (Lipinski definition) is 1. The number of methoxy groups -OCH3 is 1. The number of rotatable bonds is 4. The molecule has 0 bridgehead atoms. The van der Waals surface area contributed by atoms with E-state index in [1.165, 1.54) is 9.87 Å². The molecule has 1 N–H and O–H groups in total. The Morgan fingerprint density at radius 2 is 1.97 bits per heavy atom. The lowest BCUT2D eigenvalue weighted by Gasteiger charge is -2.30. The van der Waals surface area contributed by atoms with Crippen LogP contribution >= 0.6 is 0 Å². The summed E-state index contributed by atoms with van der Waals surface area (Å²) in [6.07, 6.45) is 4.36. The number of anilines is 1. The van der Waals surface area contributed by atoms with Crippen LogP contribution in [0, 0.1) is 6.92 Å². The third-order valence-corrected chi connectivity index (χ3v) is 7.91. The first-order valence-electron chi connectivity index (χ1n) is 10.5. The molecule has 2 aromatic rings. The van der Waals surface area contributed by atoms with Gasteiger partial charge in [-0.3, -0.25) is 9.10 Å². The summed E-state index contributed by atoms with van der Waals surface area (Å²) in [5.41, 5.74) is 4.27. The molecule has 0 spiro atoms. The molecule has 6 nitrogen and oxygen atoms in total. The van der Waals surface area contributed by atoms with Crippen molar-refractivity contribution in [1.29, 1.82) is 0 Å². The molecule has 1 saturated heterocycles. The van der Waals surface area contributed by atoms with Gasteiger partial charge in [-0.15, -0.1) is 0 Å². The number of nitrogens with zero attached hydrogens (tertiary/aromatic N) is 1. The SMILES string of the molecule is COc1ccc2c(c1)CCC[C@H]2NC(=O)c1ccc(C)c(N2CCCCS2(=O)=O)c1. The number of nitrogens with one attached hydrogen (secondary N) is 1. The van der Waals surface area contributed by atoms with Crippen LogP contribution in [0.4, 0.5) is 5.69 Å². The number of hydrogen-bond acceptors (Lipinski definition) is 4. The summed E-state index contributed by atoms with van der Waals surface area (Å²) in [5.74, 6) is 0.802. The Morgan fingerprint density at radius 3 is 2.73 bits per heavy atom. The molecule has 7 heteroatoms. The smallest absolute Gasteiger partial charge is 0.251 e. The number of fused-ring (bicyclic) bond motifs is 1. The standard InChI is InChI=1S/C23H28N2O4S/c1-16-8-9-18(15-22(16)25-12-3-4-13-30(25,27)28)23(26)24-21-7-5-6-17-14-19(29-2)10-11-20(17)21/h8-11,14-15,21H,3-7,12-13H2,1-2H3,(H,24,26)/t21-/m1/s1. The second-order valence-corrected chi connectivity index (χ2v) is 10.1. The molecule has 0 radical (unpaired) electrons. The molecule has 1 aliphatic carbocycles. The van der Waals surface area contributed by atoms with Crippen LogP contribution in [0.1, 0.15) is 58.8 Å². The van der Waals surface area contributed by atoms with Gasteiger partial charge < -0.3 is 10.1 Å². The summed E-state index contributed by atoms with van der Waals surface area (Å²) >= 11 is 0. The fourth-order valence-electron chi connectivity index (χ4n) is 4.39. The highest BCUT2D eigenvalue weighted by molar-refractivity contribution is 7.92. The summed E-state index contributed by atoms with van der Waals surface area (Å²) in [5, 5.41) is 3.15. The van der Waals surface area contributed by atoms with Crippen molar-refractivity contribution in [3.05, 3.63) is 58.7 Å². The second kappa shape index (κ2) is 8.30. The molecule has 1 fully saturated rings. The van der Waals surface area contributed by atoms with Crippen molar-refractivity contribution in [2.45, 2.75) is 45.1 Å². The number of sulfonamides is 1. The average molecular weight is 429 g/mol. The summed E-state index contributed by atoms with van der Waals surface area (Å²) in [6, 6.07) is 11.2. The van der Waals surface area contributed by atoms with Gasteiger partial charge in [0.2, 0.25) is 10.0 Å². The second-order valence-electron chi connectivity index (χ2n) is 8.08. The minimum absolute atomic E-state index is 0.0596. The van der Waals surface area contributed by atoms with Gasteiger partial charge in [0.05, 0.1) is 24.6 Å². The minimum Gasteiger partial charge on any atom is -0.497 e. The Morgan fingerprint density at radius 1 is 1.13 bits per heavy atom. The lowest BCUT2D eigenvalue weighted by molar-refractivity contribution is 0.0932. The highest BCUT2D eigenvalue weighted by Gasteiger charge is 2.28. The van der Waals surface area contributed by atoms with Crippen LogP contribution in [0.15, 0.2) is 36.4 Å². The number of aryl methyl sites for hydroxylation is 2. The predicted molar refractivity (Wildman–Crippen MR) is 118 cm³/mol. The maximum absolute atomic E-state index is 13.0. The van der Waals surface area contributed by atoms with E-state index in [1.807, 2.05) is 31.2 Å². The lowest BCUT2D eigenvalue weighted by atomic mass is 9.87. The van der Waals surface area contributed by atoms with Crippen molar-refractivity contribution < 1.29 is 17.9 Å².